The summed E-state index contributed by atoms with van der Waals surface area (Å²) in [6.07, 6.45) is 1.98. The van der Waals surface area contributed by atoms with Crippen LogP contribution in [0.4, 0.5) is 4.39 Å². The van der Waals surface area contributed by atoms with Gasteiger partial charge in [0, 0.05) is 18.0 Å². The second-order valence-electron chi connectivity index (χ2n) is 4.67. The zero-order chi connectivity index (χ0) is 11.6. The normalized spacial score (nSPS) is 25.1. The Kier molecular flexibility index (Phi) is 3.26. The molecule has 1 aliphatic heterocycles. The molecule has 0 aliphatic carbocycles. The van der Waals surface area contributed by atoms with Gasteiger partial charge in [-0.25, -0.2) is 4.39 Å². The van der Waals surface area contributed by atoms with Crippen molar-refractivity contribution in [2.45, 2.75) is 25.4 Å². The zero-order valence-corrected chi connectivity index (χ0v) is 9.54. The van der Waals surface area contributed by atoms with Crippen LogP contribution in [-0.2, 0) is 5.60 Å². The summed E-state index contributed by atoms with van der Waals surface area (Å²) in [5.41, 5.74) is -0.678. The first-order chi connectivity index (χ1) is 7.62. The van der Waals surface area contributed by atoms with Gasteiger partial charge in [-0.15, -0.1) is 0 Å². The number of aliphatic hydroxyl groups is 1. The topological polar surface area (TPSA) is 32.3 Å². The summed E-state index contributed by atoms with van der Waals surface area (Å²) in [7, 11) is 0. The molecule has 0 amide bonds. The average molecular weight is 223 g/mol. The Morgan fingerprint density at radius 2 is 2.19 bits per heavy atom. The number of piperidine rings is 1. The van der Waals surface area contributed by atoms with E-state index in [1.54, 1.807) is 25.1 Å². The predicted molar refractivity (Wildman–Crippen MR) is 61.6 cm³/mol. The van der Waals surface area contributed by atoms with Crippen LogP contribution in [0.5, 0.6) is 0 Å². The van der Waals surface area contributed by atoms with Gasteiger partial charge in [0.1, 0.15) is 5.82 Å². The molecular formula is C13H18FNO. The lowest BCUT2D eigenvalue weighted by Gasteiger charge is -2.36. The highest BCUT2D eigenvalue weighted by Gasteiger charge is 2.36. The highest BCUT2D eigenvalue weighted by molar-refractivity contribution is 5.24. The summed E-state index contributed by atoms with van der Waals surface area (Å²) in [5.74, 6) is -0.240. The van der Waals surface area contributed by atoms with Crippen molar-refractivity contribution >= 4 is 0 Å². The number of rotatable bonds is 2. The van der Waals surface area contributed by atoms with Gasteiger partial charge in [-0.05, 0) is 32.4 Å². The minimum Gasteiger partial charge on any atom is -0.385 e. The number of benzene rings is 1. The van der Waals surface area contributed by atoms with E-state index in [0.717, 1.165) is 25.9 Å². The van der Waals surface area contributed by atoms with E-state index in [0.29, 0.717) is 5.56 Å². The van der Waals surface area contributed by atoms with Crippen LogP contribution in [0, 0.1) is 11.7 Å². The third kappa shape index (κ3) is 2.11. The van der Waals surface area contributed by atoms with Crippen molar-refractivity contribution in [2.24, 2.45) is 5.92 Å². The Labute approximate surface area is 95.5 Å². The summed E-state index contributed by atoms with van der Waals surface area (Å²) in [5, 5.41) is 13.8. The molecule has 1 aromatic rings. The third-order valence-electron chi connectivity index (χ3n) is 3.51. The molecule has 0 spiro atoms. The Morgan fingerprint density at radius 3 is 2.81 bits per heavy atom. The molecule has 2 unspecified atom stereocenters. The lowest BCUT2D eigenvalue weighted by molar-refractivity contribution is -0.0185. The van der Waals surface area contributed by atoms with E-state index in [1.165, 1.54) is 6.07 Å². The Morgan fingerprint density at radius 1 is 1.44 bits per heavy atom. The molecule has 1 aromatic carbocycles. The standard InChI is InChI=1S/C13H18FNO/c1-13(16,10-5-4-8-15-9-10)11-6-2-3-7-12(11)14/h2-3,6-7,10,15-16H,4-5,8-9H2,1H3. The fraction of sp³-hybridized carbons (Fsp3) is 0.538. The quantitative estimate of drug-likeness (QED) is 0.804. The molecule has 2 rings (SSSR count). The molecule has 1 saturated heterocycles. The molecule has 2 atom stereocenters. The van der Waals surface area contributed by atoms with Crippen LogP contribution < -0.4 is 5.32 Å². The molecule has 1 fully saturated rings. The van der Waals surface area contributed by atoms with Crippen molar-refractivity contribution in [3.63, 3.8) is 0 Å². The molecule has 2 nitrogen and oxygen atoms in total. The van der Waals surface area contributed by atoms with Gasteiger partial charge in [-0.2, -0.15) is 0 Å². The molecule has 1 aliphatic rings. The van der Waals surface area contributed by atoms with Crippen LogP contribution in [0.25, 0.3) is 0 Å². The van der Waals surface area contributed by atoms with Crippen molar-refractivity contribution in [2.75, 3.05) is 13.1 Å². The minimum atomic E-state index is -1.08. The summed E-state index contributed by atoms with van der Waals surface area (Å²) >= 11 is 0. The molecule has 88 valence electrons. The van der Waals surface area contributed by atoms with Gasteiger partial charge in [-0.3, -0.25) is 0 Å². The van der Waals surface area contributed by atoms with Crippen LogP contribution in [0.1, 0.15) is 25.3 Å². The average Bonchev–Trinajstić information content (AvgIpc) is 2.30. The monoisotopic (exact) mass is 223 g/mol. The Balaban J connectivity index is 2.26. The molecule has 2 N–H and O–H groups in total. The molecule has 1 heterocycles. The van der Waals surface area contributed by atoms with Crippen LogP contribution in [0.3, 0.4) is 0 Å². The van der Waals surface area contributed by atoms with Crippen molar-refractivity contribution in [3.8, 4) is 0 Å². The minimum absolute atomic E-state index is 0.0816. The highest BCUT2D eigenvalue weighted by atomic mass is 19.1. The van der Waals surface area contributed by atoms with Crippen LogP contribution in [0.2, 0.25) is 0 Å². The molecule has 0 saturated carbocycles. The van der Waals surface area contributed by atoms with Crippen LogP contribution in [-0.4, -0.2) is 18.2 Å². The molecule has 0 aromatic heterocycles. The Bertz CT molecular complexity index is 359. The van der Waals surface area contributed by atoms with Gasteiger partial charge in [0.05, 0.1) is 5.60 Å². The Hall–Kier alpha value is -0.930. The fourth-order valence-corrected chi connectivity index (χ4v) is 2.42. The first-order valence-electron chi connectivity index (χ1n) is 5.80. The van der Waals surface area contributed by atoms with E-state index in [2.05, 4.69) is 5.32 Å². The van der Waals surface area contributed by atoms with Gasteiger partial charge in [0.25, 0.3) is 0 Å². The van der Waals surface area contributed by atoms with E-state index >= 15 is 0 Å². The van der Waals surface area contributed by atoms with Gasteiger partial charge in [0.2, 0.25) is 0 Å². The zero-order valence-electron chi connectivity index (χ0n) is 9.54. The molecule has 3 heteroatoms. The van der Waals surface area contributed by atoms with Crippen molar-refractivity contribution in [1.82, 2.24) is 5.32 Å². The summed E-state index contributed by atoms with van der Waals surface area (Å²) in [4.78, 5) is 0. The number of halogens is 1. The summed E-state index contributed by atoms with van der Waals surface area (Å²) < 4.78 is 13.7. The van der Waals surface area contributed by atoms with E-state index < -0.39 is 5.60 Å². The molecular weight excluding hydrogens is 205 g/mol. The van der Waals surface area contributed by atoms with Crippen LogP contribution in [0.15, 0.2) is 24.3 Å². The highest BCUT2D eigenvalue weighted by Crippen LogP contribution is 2.34. The SMILES string of the molecule is CC(O)(c1ccccc1F)C1CCCNC1. The van der Waals surface area contributed by atoms with Gasteiger partial charge in [-0.1, -0.05) is 18.2 Å². The second kappa shape index (κ2) is 4.52. The number of hydrogen-bond acceptors (Lipinski definition) is 2. The molecule has 16 heavy (non-hydrogen) atoms. The maximum atomic E-state index is 13.7. The first-order valence-corrected chi connectivity index (χ1v) is 5.80. The summed E-state index contributed by atoms with van der Waals surface area (Å²) in [6, 6.07) is 6.49. The number of hydrogen-bond donors (Lipinski definition) is 2. The fourth-order valence-electron chi connectivity index (χ4n) is 2.42. The van der Waals surface area contributed by atoms with Crippen molar-refractivity contribution in [3.05, 3.63) is 35.6 Å². The smallest absolute Gasteiger partial charge is 0.129 e. The van der Waals surface area contributed by atoms with Crippen molar-refractivity contribution < 1.29 is 9.50 Å². The maximum absolute atomic E-state index is 13.7. The van der Waals surface area contributed by atoms with E-state index in [-0.39, 0.29) is 11.7 Å². The maximum Gasteiger partial charge on any atom is 0.129 e. The van der Waals surface area contributed by atoms with E-state index in [4.69, 9.17) is 0 Å². The second-order valence-corrected chi connectivity index (χ2v) is 4.67. The van der Waals surface area contributed by atoms with Crippen molar-refractivity contribution in [1.29, 1.82) is 0 Å². The largest absolute Gasteiger partial charge is 0.385 e. The molecule has 0 radical (unpaired) electrons. The first kappa shape index (κ1) is 11.6. The van der Waals surface area contributed by atoms with E-state index in [1.807, 2.05) is 0 Å². The lowest BCUT2D eigenvalue weighted by Crippen LogP contribution is -2.42. The number of nitrogens with one attached hydrogen (secondary N) is 1. The predicted octanol–water partition coefficient (Wildman–Crippen LogP) is 2.03. The van der Waals surface area contributed by atoms with Gasteiger partial charge in [0.15, 0.2) is 0 Å². The van der Waals surface area contributed by atoms with E-state index in [9.17, 15) is 9.50 Å². The lowest BCUT2D eigenvalue weighted by atomic mass is 9.78. The van der Waals surface area contributed by atoms with Crippen LogP contribution >= 0.6 is 0 Å². The molecule has 0 bridgehead atoms. The summed E-state index contributed by atoms with van der Waals surface area (Å²) in [6.45, 7) is 3.45. The van der Waals surface area contributed by atoms with Gasteiger partial charge >= 0.3 is 0 Å². The third-order valence-corrected chi connectivity index (χ3v) is 3.51. The van der Waals surface area contributed by atoms with Gasteiger partial charge < -0.3 is 10.4 Å².